The van der Waals surface area contributed by atoms with E-state index in [9.17, 15) is 10.1 Å². The minimum Gasteiger partial charge on any atom is -0.488 e. The Hall–Kier alpha value is -3.13. The number of hydrogen-bond acceptors (Lipinski definition) is 4. The van der Waals surface area contributed by atoms with Crippen LogP contribution in [0.5, 0.6) is 5.75 Å². The molecule has 0 amide bonds. The molecule has 21 heavy (non-hydrogen) atoms. The van der Waals surface area contributed by atoms with E-state index in [2.05, 4.69) is 6.07 Å². The fraction of sp³-hybridized carbons (Fsp3) is 0.0625. The Morgan fingerprint density at radius 2 is 1.90 bits per heavy atom. The normalized spacial score (nSPS) is 10.2. The molecule has 0 bridgehead atoms. The van der Waals surface area contributed by atoms with Crippen LogP contribution >= 0.6 is 0 Å². The van der Waals surface area contributed by atoms with Crippen LogP contribution in [0.3, 0.4) is 0 Å². The highest BCUT2D eigenvalue weighted by atomic mass is 16.6. The van der Waals surface area contributed by atoms with Gasteiger partial charge in [0, 0.05) is 17.2 Å². The van der Waals surface area contributed by atoms with Crippen LogP contribution in [0, 0.1) is 21.4 Å². The lowest BCUT2D eigenvalue weighted by Crippen LogP contribution is -1.99. The SMILES string of the molecule is N#Cc1ccccc1COc1ccccc1/C=C/[N+](=O)[O-]. The first-order chi connectivity index (χ1) is 10.2. The van der Waals surface area contributed by atoms with E-state index in [-0.39, 0.29) is 6.61 Å². The van der Waals surface area contributed by atoms with Crippen molar-refractivity contribution in [3.63, 3.8) is 0 Å². The van der Waals surface area contributed by atoms with Gasteiger partial charge >= 0.3 is 0 Å². The molecule has 0 radical (unpaired) electrons. The molecule has 5 heteroatoms. The molecule has 2 rings (SSSR count). The number of para-hydroxylation sites is 1. The average molecular weight is 280 g/mol. The summed E-state index contributed by atoms with van der Waals surface area (Å²) in [6.07, 6.45) is 2.25. The number of nitriles is 1. The second kappa shape index (κ2) is 6.87. The second-order valence-electron chi connectivity index (χ2n) is 4.20. The molecule has 0 saturated heterocycles. The quantitative estimate of drug-likeness (QED) is 0.621. The molecule has 2 aromatic carbocycles. The van der Waals surface area contributed by atoms with E-state index in [1.54, 1.807) is 36.4 Å². The lowest BCUT2D eigenvalue weighted by Gasteiger charge is -2.09. The van der Waals surface area contributed by atoms with Crippen molar-refractivity contribution < 1.29 is 9.66 Å². The van der Waals surface area contributed by atoms with E-state index < -0.39 is 4.92 Å². The maximum Gasteiger partial charge on any atom is 0.235 e. The van der Waals surface area contributed by atoms with Crippen LogP contribution in [0.2, 0.25) is 0 Å². The molecule has 0 unspecified atom stereocenters. The zero-order valence-electron chi connectivity index (χ0n) is 11.1. The minimum absolute atomic E-state index is 0.229. The Bertz CT molecular complexity index is 717. The Kier molecular flexibility index (Phi) is 4.67. The van der Waals surface area contributed by atoms with Gasteiger partial charge in [-0.2, -0.15) is 5.26 Å². The number of nitrogens with zero attached hydrogens (tertiary/aromatic N) is 2. The van der Waals surface area contributed by atoms with Gasteiger partial charge in [-0.1, -0.05) is 36.4 Å². The highest BCUT2D eigenvalue weighted by Crippen LogP contribution is 2.21. The van der Waals surface area contributed by atoms with Crippen LogP contribution in [0.25, 0.3) is 6.08 Å². The van der Waals surface area contributed by atoms with E-state index in [0.717, 1.165) is 11.8 Å². The third kappa shape index (κ3) is 3.91. The summed E-state index contributed by atoms with van der Waals surface area (Å²) in [5, 5.41) is 19.4. The second-order valence-corrected chi connectivity index (χ2v) is 4.20. The first kappa shape index (κ1) is 14.3. The van der Waals surface area contributed by atoms with Crippen LogP contribution < -0.4 is 4.74 Å². The van der Waals surface area contributed by atoms with Crippen LogP contribution in [-0.4, -0.2) is 4.92 Å². The average Bonchev–Trinajstić information content (AvgIpc) is 2.51. The van der Waals surface area contributed by atoms with Gasteiger partial charge in [0.15, 0.2) is 0 Å². The van der Waals surface area contributed by atoms with Gasteiger partial charge in [-0.05, 0) is 12.1 Å². The number of hydrogen-bond donors (Lipinski definition) is 0. The number of rotatable bonds is 5. The first-order valence-electron chi connectivity index (χ1n) is 6.22. The molecule has 0 aliphatic rings. The zero-order valence-corrected chi connectivity index (χ0v) is 11.1. The Morgan fingerprint density at radius 1 is 1.19 bits per heavy atom. The van der Waals surface area contributed by atoms with Gasteiger partial charge in [0.05, 0.1) is 16.6 Å². The minimum atomic E-state index is -0.526. The summed E-state index contributed by atoms with van der Waals surface area (Å²) in [5.74, 6) is 0.531. The van der Waals surface area contributed by atoms with Gasteiger partial charge in [-0.25, -0.2) is 0 Å². The van der Waals surface area contributed by atoms with Crippen molar-refractivity contribution in [2.45, 2.75) is 6.61 Å². The van der Waals surface area contributed by atoms with Crippen LogP contribution in [0.1, 0.15) is 16.7 Å². The van der Waals surface area contributed by atoms with Gasteiger partial charge in [0.2, 0.25) is 6.20 Å². The van der Waals surface area contributed by atoms with Crippen molar-refractivity contribution in [1.29, 1.82) is 5.26 Å². The molecule has 0 aromatic heterocycles. The van der Waals surface area contributed by atoms with E-state index >= 15 is 0 Å². The smallest absolute Gasteiger partial charge is 0.235 e. The molecule has 0 spiro atoms. The van der Waals surface area contributed by atoms with Crippen molar-refractivity contribution >= 4 is 6.08 Å². The van der Waals surface area contributed by atoms with Crippen molar-refractivity contribution in [2.24, 2.45) is 0 Å². The van der Waals surface area contributed by atoms with Gasteiger partial charge < -0.3 is 4.74 Å². The monoisotopic (exact) mass is 280 g/mol. The molecule has 0 heterocycles. The van der Waals surface area contributed by atoms with Crippen molar-refractivity contribution in [1.82, 2.24) is 0 Å². The summed E-state index contributed by atoms with van der Waals surface area (Å²) in [6, 6.07) is 16.3. The summed E-state index contributed by atoms with van der Waals surface area (Å²) in [4.78, 5) is 9.86. The van der Waals surface area contributed by atoms with Crippen LogP contribution in [0.15, 0.2) is 54.7 Å². The first-order valence-corrected chi connectivity index (χ1v) is 6.22. The van der Waals surface area contributed by atoms with Crippen molar-refractivity contribution in [3.05, 3.63) is 81.5 Å². The van der Waals surface area contributed by atoms with Crippen LogP contribution in [0.4, 0.5) is 0 Å². The highest BCUT2D eigenvalue weighted by Gasteiger charge is 2.05. The number of nitro groups is 1. The van der Waals surface area contributed by atoms with Crippen molar-refractivity contribution in [3.8, 4) is 11.8 Å². The molecule has 0 saturated carbocycles. The number of ether oxygens (including phenoxy) is 1. The van der Waals surface area contributed by atoms with Gasteiger partial charge in [-0.15, -0.1) is 0 Å². The van der Waals surface area contributed by atoms with E-state index in [1.807, 2.05) is 12.1 Å². The molecular formula is C16H12N2O3. The Labute approximate surface area is 121 Å². The fourth-order valence-electron chi connectivity index (χ4n) is 1.80. The summed E-state index contributed by atoms with van der Waals surface area (Å²) >= 11 is 0. The third-order valence-electron chi connectivity index (χ3n) is 2.82. The molecule has 0 aliphatic carbocycles. The largest absolute Gasteiger partial charge is 0.488 e. The van der Waals surface area contributed by atoms with Gasteiger partial charge in [-0.3, -0.25) is 10.1 Å². The van der Waals surface area contributed by atoms with Crippen LogP contribution in [-0.2, 0) is 6.61 Å². The predicted octanol–water partition coefficient (Wildman–Crippen LogP) is 3.38. The summed E-state index contributed by atoms with van der Waals surface area (Å²) < 4.78 is 5.67. The van der Waals surface area contributed by atoms with Gasteiger partial charge in [0.1, 0.15) is 12.4 Å². The summed E-state index contributed by atoms with van der Waals surface area (Å²) in [7, 11) is 0. The Balaban J connectivity index is 2.17. The summed E-state index contributed by atoms with van der Waals surface area (Å²) in [6.45, 7) is 0.229. The number of benzene rings is 2. The molecule has 0 aliphatic heterocycles. The molecule has 5 nitrogen and oxygen atoms in total. The molecule has 0 N–H and O–H groups in total. The summed E-state index contributed by atoms with van der Waals surface area (Å²) in [5.41, 5.74) is 1.94. The molecule has 104 valence electrons. The zero-order chi connectivity index (χ0) is 15.1. The topological polar surface area (TPSA) is 76.2 Å². The third-order valence-corrected chi connectivity index (χ3v) is 2.82. The van der Waals surface area contributed by atoms with Gasteiger partial charge in [0.25, 0.3) is 0 Å². The van der Waals surface area contributed by atoms with E-state index in [0.29, 0.717) is 16.9 Å². The molecule has 2 aromatic rings. The lowest BCUT2D eigenvalue weighted by atomic mass is 10.1. The molecule has 0 atom stereocenters. The fourth-order valence-corrected chi connectivity index (χ4v) is 1.80. The maximum atomic E-state index is 10.4. The lowest BCUT2D eigenvalue weighted by molar-refractivity contribution is -0.400. The molecule has 0 fully saturated rings. The standard InChI is InChI=1S/C16H12N2O3/c17-11-14-6-1-2-7-15(14)12-21-16-8-4-3-5-13(16)9-10-18(19)20/h1-10H,12H2/b10-9+. The molecular weight excluding hydrogens is 268 g/mol. The van der Waals surface area contributed by atoms with E-state index in [4.69, 9.17) is 10.00 Å². The Morgan fingerprint density at radius 3 is 2.67 bits per heavy atom. The highest BCUT2D eigenvalue weighted by molar-refractivity contribution is 5.56. The van der Waals surface area contributed by atoms with E-state index in [1.165, 1.54) is 6.08 Å². The van der Waals surface area contributed by atoms with Crippen molar-refractivity contribution in [2.75, 3.05) is 0 Å². The maximum absolute atomic E-state index is 10.4. The predicted molar refractivity (Wildman–Crippen MR) is 78.0 cm³/mol.